The number of aryl methyl sites for hydroxylation is 3. The molecule has 2 heterocycles. The fourth-order valence-electron chi connectivity index (χ4n) is 1.83. The number of H-pyrrole nitrogens is 1. The van der Waals surface area contributed by atoms with Crippen LogP contribution in [0, 0.1) is 27.7 Å². The molecule has 0 radical (unpaired) electrons. The number of fused-ring (bicyclic) bond motifs is 1. The van der Waals surface area contributed by atoms with Gasteiger partial charge in [0.1, 0.15) is 5.65 Å². The predicted octanol–water partition coefficient (Wildman–Crippen LogP) is 2.16. The molecule has 78 valence electrons. The van der Waals surface area contributed by atoms with Crippen molar-refractivity contribution in [3.63, 3.8) is 0 Å². The molecule has 0 unspecified atom stereocenters. The molecule has 0 spiro atoms. The van der Waals surface area contributed by atoms with Crippen molar-refractivity contribution in [2.75, 3.05) is 0 Å². The average molecular weight is 202 g/mol. The minimum atomic E-state index is 0.0503. The molecular formula is C12H14N2O. The smallest absolute Gasteiger partial charge is 0.191 e. The molecule has 2 aromatic heterocycles. The Morgan fingerprint density at radius 2 is 1.80 bits per heavy atom. The molecule has 1 N–H and O–H groups in total. The van der Waals surface area contributed by atoms with Crippen LogP contribution in [0.3, 0.4) is 0 Å². The molecule has 0 aliphatic rings. The summed E-state index contributed by atoms with van der Waals surface area (Å²) in [6.07, 6.45) is 0. The molecule has 0 saturated carbocycles. The minimum absolute atomic E-state index is 0.0503. The van der Waals surface area contributed by atoms with Crippen molar-refractivity contribution in [1.29, 1.82) is 0 Å². The van der Waals surface area contributed by atoms with Crippen molar-refractivity contribution in [3.8, 4) is 0 Å². The molecule has 0 aliphatic carbocycles. The van der Waals surface area contributed by atoms with E-state index in [-0.39, 0.29) is 5.43 Å². The summed E-state index contributed by atoms with van der Waals surface area (Å²) < 4.78 is 0. The summed E-state index contributed by atoms with van der Waals surface area (Å²) in [5.41, 5.74) is 4.69. The number of rotatable bonds is 0. The average Bonchev–Trinajstić information content (AvgIpc) is 2.13. The van der Waals surface area contributed by atoms with Gasteiger partial charge in [-0.15, -0.1) is 0 Å². The van der Waals surface area contributed by atoms with Crippen molar-refractivity contribution < 1.29 is 0 Å². The van der Waals surface area contributed by atoms with Gasteiger partial charge < -0.3 is 4.98 Å². The lowest BCUT2D eigenvalue weighted by Gasteiger charge is -2.08. The van der Waals surface area contributed by atoms with E-state index in [1.165, 1.54) is 0 Å². The van der Waals surface area contributed by atoms with E-state index in [0.29, 0.717) is 11.0 Å². The fraction of sp³-hybridized carbons (Fsp3) is 0.333. The van der Waals surface area contributed by atoms with E-state index in [4.69, 9.17) is 0 Å². The second-order valence-corrected chi connectivity index (χ2v) is 3.99. The van der Waals surface area contributed by atoms with Gasteiger partial charge in [0, 0.05) is 17.5 Å². The second-order valence-electron chi connectivity index (χ2n) is 3.99. The van der Waals surface area contributed by atoms with E-state index in [0.717, 1.165) is 22.5 Å². The first-order valence-corrected chi connectivity index (χ1v) is 4.98. The van der Waals surface area contributed by atoms with Crippen LogP contribution >= 0.6 is 0 Å². The largest absolute Gasteiger partial charge is 0.343 e. The van der Waals surface area contributed by atoms with E-state index in [2.05, 4.69) is 9.97 Å². The minimum Gasteiger partial charge on any atom is -0.343 e. The number of hydrogen-bond donors (Lipinski definition) is 1. The summed E-state index contributed by atoms with van der Waals surface area (Å²) in [6, 6.07) is 1.62. The summed E-state index contributed by atoms with van der Waals surface area (Å²) in [6.45, 7) is 7.79. The summed E-state index contributed by atoms with van der Waals surface area (Å²) in [5, 5.41) is 0.712. The first-order valence-electron chi connectivity index (χ1n) is 4.98. The quantitative estimate of drug-likeness (QED) is 0.711. The second kappa shape index (κ2) is 3.19. The summed E-state index contributed by atoms with van der Waals surface area (Å²) in [5.74, 6) is 0. The zero-order valence-corrected chi connectivity index (χ0v) is 9.43. The van der Waals surface area contributed by atoms with Gasteiger partial charge in [-0.1, -0.05) is 0 Å². The Hall–Kier alpha value is -1.64. The summed E-state index contributed by atoms with van der Waals surface area (Å²) >= 11 is 0. The summed E-state index contributed by atoms with van der Waals surface area (Å²) in [4.78, 5) is 19.4. The third-order valence-corrected chi connectivity index (χ3v) is 2.91. The standard InChI is InChI=1S/C12H14N2O/c1-6-5-10(15)11-8(3)7(2)9(4)14-12(11)13-6/h5H,1-4H3,(H,13,14,15). The lowest BCUT2D eigenvalue weighted by Crippen LogP contribution is -2.08. The molecule has 0 aliphatic heterocycles. The highest BCUT2D eigenvalue weighted by atomic mass is 16.1. The van der Waals surface area contributed by atoms with E-state index >= 15 is 0 Å². The number of aromatic amines is 1. The van der Waals surface area contributed by atoms with Crippen LogP contribution in [0.4, 0.5) is 0 Å². The Labute approximate surface area is 88.2 Å². The maximum absolute atomic E-state index is 11.8. The Bertz CT molecular complexity index is 597. The van der Waals surface area contributed by atoms with Crippen LogP contribution in [0.15, 0.2) is 10.9 Å². The van der Waals surface area contributed by atoms with Gasteiger partial charge in [-0.3, -0.25) is 4.79 Å². The van der Waals surface area contributed by atoms with Gasteiger partial charge in [0.2, 0.25) is 0 Å². The van der Waals surface area contributed by atoms with Crippen LogP contribution in [-0.2, 0) is 0 Å². The van der Waals surface area contributed by atoms with Crippen molar-refractivity contribution in [1.82, 2.24) is 9.97 Å². The molecule has 15 heavy (non-hydrogen) atoms. The van der Waals surface area contributed by atoms with E-state index in [1.807, 2.05) is 27.7 Å². The van der Waals surface area contributed by atoms with Crippen LogP contribution < -0.4 is 5.43 Å². The molecule has 0 aromatic carbocycles. The third kappa shape index (κ3) is 1.44. The number of hydrogen-bond acceptors (Lipinski definition) is 2. The Balaban J connectivity index is 3.06. The number of nitrogens with zero attached hydrogens (tertiary/aromatic N) is 1. The summed E-state index contributed by atoms with van der Waals surface area (Å²) in [7, 11) is 0. The third-order valence-electron chi connectivity index (χ3n) is 2.91. The molecule has 2 aromatic rings. The number of aromatic nitrogens is 2. The zero-order chi connectivity index (χ0) is 11.2. The molecule has 0 fully saturated rings. The van der Waals surface area contributed by atoms with E-state index < -0.39 is 0 Å². The van der Waals surface area contributed by atoms with Gasteiger partial charge in [-0.05, 0) is 38.8 Å². The fourth-order valence-corrected chi connectivity index (χ4v) is 1.83. The highest BCUT2D eigenvalue weighted by Crippen LogP contribution is 2.17. The Morgan fingerprint density at radius 3 is 2.47 bits per heavy atom. The van der Waals surface area contributed by atoms with Crippen molar-refractivity contribution in [2.24, 2.45) is 0 Å². The molecule has 3 nitrogen and oxygen atoms in total. The van der Waals surface area contributed by atoms with Crippen molar-refractivity contribution in [3.05, 3.63) is 38.8 Å². The van der Waals surface area contributed by atoms with Gasteiger partial charge in [0.25, 0.3) is 0 Å². The molecule has 0 saturated heterocycles. The normalized spacial score (nSPS) is 10.9. The molecule has 2 rings (SSSR count). The van der Waals surface area contributed by atoms with Crippen LogP contribution in [0.1, 0.15) is 22.5 Å². The van der Waals surface area contributed by atoms with Crippen LogP contribution in [0.2, 0.25) is 0 Å². The maximum atomic E-state index is 11.8. The molecule has 0 atom stereocenters. The first-order chi connectivity index (χ1) is 7.00. The topological polar surface area (TPSA) is 45.8 Å². The van der Waals surface area contributed by atoms with Gasteiger partial charge in [-0.25, -0.2) is 4.98 Å². The Morgan fingerprint density at radius 1 is 1.13 bits per heavy atom. The molecule has 0 amide bonds. The van der Waals surface area contributed by atoms with E-state index in [9.17, 15) is 4.79 Å². The van der Waals surface area contributed by atoms with Crippen molar-refractivity contribution >= 4 is 11.0 Å². The van der Waals surface area contributed by atoms with Gasteiger partial charge in [0.05, 0.1) is 5.39 Å². The monoisotopic (exact) mass is 202 g/mol. The maximum Gasteiger partial charge on any atom is 0.191 e. The zero-order valence-electron chi connectivity index (χ0n) is 9.43. The van der Waals surface area contributed by atoms with Gasteiger partial charge in [-0.2, -0.15) is 0 Å². The number of nitrogens with one attached hydrogen (secondary N) is 1. The number of pyridine rings is 2. The SMILES string of the molecule is Cc1cc(=O)c2c(C)c(C)c(C)nc2[nH]1. The van der Waals surface area contributed by atoms with E-state index in [1.54, 1.807) is 6.07 Å². The lowest BCUT2D eigenvalue weighted by molar-refractivity contribution is 1.11. The van der Waals surface area contributed by atoms with Crippen LogP contribution in [-0.4, -0.2) is 9.97 Å². The van der Waals surface area contributed by atoms with Crippen LogP contribution in [0.5, 0.6) is 0 Å². The predicted molar refractivity (Wildman–Crippen MR) is 61.3 cm³/mol. The Kier molecular flexibility index (Phi) is 2.11. The van der Waals surface area contributed by atoms with Crippen LogP contribution in [0.25, 0.3) is 11.0 Å². The highest BCUT2D eigenvalue weighted by Gasteiger charge is 2.09. The van der Waals surface area contributed by atoms with Gasteiger partial charge in [0.15, 0.2) is 5.43 Å². The lowest BCUT2D eigenvalue weighted by atomic mass is 10.0. The van der Waals surface area contributed by atoms with Crippen molar-refractivity contribution in [2.45, 2.75) is 27.7 Å². The molecule has 3 heteroatoms. The molecule has 0 bridgehead atoms. The molecular weight excluding hydrogens is 188 g/mol. The highest BCUT2D eigenvalue weighted by molar-refractivity contribution is 5.80. The van der Waals surface area contributed by atoms with Gasteiger partial charge >= 0.3 is 0 Å². The first kappa shape index (κ1) is 9.90.